The highest BCUT2D eigenvalue weighted by molar-refractivity contribution is 7.16. The fourth-order valence-corrected chi connectivity index (χ4v) is 3.18. The highest BCUT2D eigenvalue weighted by atomic mass is 35.5. The molecule has 2 aromatic rings. The van der Waals surface area contributed by atoms with Gasteiger partial charge in [-0.1, -0.05) is 11.6 Å². The summed E-state index contributed by atoms with van der Waals surface area (Å²) in [6.07, 6.45) is -0.634. The summed E-state index contributed by atoms with van der Waals surface area (Å²) in [6, 6.07) is 7.55. The van der Waals surface area contributed by atoms with Crippen molar-refractivity contribution in [3.63, 3.8) is 0 Å². The summed E-state index contributed by atoms with van der Waals surface area (Å²) in [5.74, 6) is 0.871. The number of rotatable bonds is 3. The Kier molecular flexibility index (Phi) is 3.95. The fraction of sp³-hybridized carbons (Fsp3) is 0.286. The molecular formula is C14H15ClO2S. The summed E-state index contributed by atoms with van der Waals surface area (Å²) < 4.78 is 6.01. The number of hydrogen-bond acceptors (Lipinski definition) is 3. The van der Waals surface area contributed by atoms with E-state index in [2.05, 4.69) is 0 Å². The van der Waals surface area contributed by atoms with Crippen molar-refractivity contribution in [2.75, 3.05) is 7.11 Å². The maximum absolute atomic E-state index is 10.3. The van der Waals surface area contributed by atoms with Crippen LogP contribution in [0.15, 0.2) is 24.3 Å². The van der Waals surface area contributed by atoms with Crippen LogP contribution in [0.4, 0.5) is 0 Å². The second-order valence-corrected chi connectivity index (χ2v) is 5.98. The minimum atomic E-state index is -0.634. The van der Waals surface area contributed by atoms with Crippen LogP contribution >= 0.6 is 22.9 Å². The molecule has 4 heteroatoms. The lowest BCUT2D eigenvalue weighted by Gasteiger charge is -2.14. The number of aryl methyl sites for hydroxylation is 2. The predicted molar refractivity (Wildman–Crippen MR) is 75.9 cm³/mol. The number of hydrogen-bond donors (Lipinski definition) is 1. The zero-order chi connectivity index (χ0) is 13.3. The topological polar surface area (TPSA) is 29.5 Å². The van der Waals surface area contributed by atoms with Crippen molar-refractivity contribution in [3.05, 3.63) is 50.2 Å². The molecule has 0 fully saturated rings. The molecule has 0 amide bonds. The van der Waals surface area contributed by atoms with Crippen molar-refractivity contribution >= 4 is 22.9 Å². The van der Waals surface area contributed by atoms with Crippen LogP contribution in [0.5, 0.6) is 5.75 Å². The van der Waals surface area contributed by atoms with Crippen molar-refractivity contribution in [2.45, 2.75) is 20.0 Å². The van der Waals surface area contributed by atoms with Crippen LogP contribution in [-0.2, 0) is 0 Å². The Bertz CT molecular complexity index is 540. The summed E-state index contributed by atoms with van der Waals surface area (Å²) in [6.45, 7) is 3.95. The monoisotopic (exact) mass is 282 g/mol. The van der Waals surface area contributed by atoms with Gasteiger partial charge >= 0.3 is 0 Å². The molecule has 1 atom stereocenters. The normalized spacial score (nSPS) is 12.5. The molecule has 0 saturated carbocycles. The maximum Gasteiger partial charge on any atom is 0.124 e. The van der Waals surface area contributed by atoms with Gasteiger partial charge in [-0.2, -0.15) is 0 Å². The molecule has 0 aliphatic heterocycles. The zero-order valence-corrected chi connectivity index (χ0v) is 12.1. The van der Waals surface area contributed by atoms with Gasteiger partial charge in [-0.15, -0.1) is 11.3 Å². The molecule has 1 aromatic carbocycles. The van der Waals surface area contributed by atoms with E-state index in [1.165, 1.54) is 11.3 Å². The summed E-state index contributed by atoms with van der Waals surface area (Å²) in [7, 11) is 1.66. The molecule has 0 radical (unpaired) electrons. The highest BCUT2D eigenvalue weighted by Gasteiger charge is 2.15. The van der Waals surface area contributed by atoms with Gasteiger partial charge in [0.15, 0.2) is 0 Å². The standard InChI is InChI=1S/C14H15ClO2S/c1-8-6-10(7-9(2)14(8)17-3)13(16)11-4-5-12(15)18-11/h4-7,13,16H,1-3H3. The minimum Gasteiger partial charge on any atom is -0.496 e. The third-order valence-corrected chi connectivity index (χ3v) is 4.15. The average Bonchev–Trinajstić information content (AvgIpc) is 2.74. The van der Waals surface area contributed by atoms with E-state index < -0.39 is 6.10 Å². The van der Waals surface area contributed by atoms with E-state index in [-0.39, 0.29) is 0 Å². The number of thiophene rings is 1. The van der Waals surface area contributed by atoms with Gasteiger partial charge < -0.3 is 9.84 Å². The maximum atomic E-state index is 10.3. The number of methoxy groups -OCH3 is 1. The van der Waals surface area contributed by atoms with E-state index in [9.17, 15) is 5.11 Å². The van der Waals surface area contributed by atoms with Crippen molar-refractivity contribution in [1.29, 1.82) is 0 Å². The van der Waals surface area contributed by atoms with Crippen molar-refractivity contribution in [2.24, 2.45) is 0 Å². The molecule has 0 aliphatic carbocycles. The molecule has 2 nitrogen and oxygen atoms in total. The molecule has 0 bridgehead atoms. The molecule has 1 heterocycles. The van der Waals surface area contributed by atoms with Crippen LogP contribution in [0, 0.1) is 13.8 Å². The lowest BCUT2D eigenvalue weighted by atomic mass is 10.0. The molecule has 1 unspecified atom stereocenters. The third-order valence-electron chi connectivity index (χ3n) is 2.87. The molecule has 96 valence electrons. The van der Waals surface area contributed by atoms with Gasteiger partial charge in [0.25, 0.3) is 0 Å². The SMILES string of the molecule is COc1c(C)cc(C(O)c2ccc(Cl)s2)cc1C. The van der Waals surface area contributed by atoms with Gasteiger partial charge in [0.1, 0.15) is 11.9 Å². The first-order valence-corrected chi connectivity index (χ1v) is 6.80. The number of halogens is 1. The number of aliphatic hydroxyl groups is 1. The van der Waals surface area contributed by atoms with Crippen LogP contribution in [0.2, 0.25) is 4.34 Å². The lowest BCUT2D eigenvalue weighted by Crippen LogP contribution is -2.00. The first-order valence-electron chi connectivity index (χ1n) is 5.61. The summed E-state index contributed by atoms with van der Waals surface area (Å²) >= 11 is 7.29. The Morgan fingerprint density at radius 3 is 2.28 bits per heavy atom. The van der Waals surface area contributed by atoms with Gasteiger partial charge in [-0.05, 0) is 54.8 Å². The Labute approximate surface area is 116 Å². The van der Waals surface area contributed by atoms with Crippen LogP contribution in [-0.4, -0.2) is 12.2 Å². The average molecular weight is 283 g/mol. The van der Waals surface area contributed by atoms with E-state index in [1.54, 1.807) is 13.2 Å². The molecular weight excluding hydrogens is 268 g/mol. The van der Waals surface area contributed by atoms with Gasteiger partial charge in [-0.25, -0.2) is 0 Å². The van der Waals surface area contributed by atoms with Crippen LogP contribution in [0.3, 0.4) is 0 Å². The molecule has 0 saturated heterocycles. The molecule has 0 aliphatic rings. The Morgan fingerprint density at radius 1 is 1.22 bits per heavy atom. The molecule has 1 N–H and O–H groups in total. The predicted octanol–water partition coefficient (Wildman–Crippen LogP) is 4.11. The summed E-state index contributed by atoms with van der Waals surface area (Å²) in [5, 5.41) is 10.3. The van der Waals surface area contributed by atoms with E-state index in [0.717, 1.165) is 27.3 Å². The zero-order valence-electron chi connectivity index (χ0n) is 10.5. The summed E-state index contributed by atoms with van der Waals surface area (Å²) in [5.41, 5.74) is 2.91. The fourth-order valence-electron chi connectivity index (χ4n) is 2.10. The van der Waals surface area contributed by atoms with Crippen LogP contribution in [0.25, 0.3) is 0 Å². The second-order valence-electron chi connectivity index (χ2n) is 4.23. The second kappa shape index (κ2) is 5.31. The van der Waals surface area contributed by atoms with Crippen molar-refractivity contribution in [3.8, 4) is 5.75 Å². The first kappa shape index (κ1) is 13.4. The first-order chi connectivity index (χ1) is 8.52. The quantitative estimate of drug-likeness (QED) is 0.918. The Hall–Kier alpha value is -1.03. The highest BCUT2D eigenvalue weighted by Crippen LogP contribution is 2.34. The van der Waals surface area contributed by atoms with Gasteiger partial charge in [-0.3, -0.25) is 0 Å². The van der Waals surface area contributed by atoms with E-state index >= 15 is 0 Å². The van der Waals surface area contributed by atoms with Crippen molar-refractivity contribution < 1.29 is 9.84 Å². The van der Waals surface area contributed by atoms with Crippen molar-refractivity contribution in [1.82, 2.24) is 0 Å². The number of aliphatic hydroxyl groups excluding tert-OH is 1. The molecule has 2 rings (SSSR count). The molecule has 18 heavy (non-hydrogen) atoms. The minimum absolute atomic E-state index is 0.634. The van der Waals surface area contributed by atoms with E-state index in [0.29, 0.717) is 4.34 Å². The Balaban J connectivity index is 2.40. The van der Waals surface area contributed by atoms with E-state index in [4.69, 9.17) is 16.3 Å². The third kappa shape index (κ3) is 2.53. The van der Waals surface area contributed by atoms with Crippen LogP contribution < -0.4 is 4.74 Å². The lowest BCUT2D eigenvalue weighted by molar-refractivity contribution is 0.224. The molecule has 1 aromatic heterocycles. The van der Waals surface area contributed by atoms with Gasteiger partial charge in [0.05, 0.1) is 11.4 Å². The van der Waals surface area contributed by atoms with Gasteiger partial charge in [0.2, 0.25) is 0 Å². The van der Waals surface area contributed by atoms with Gasteiger partial charge in [0, 0.05) is 4.88 Å². The number of benzene rings is 1. The largest absolute Gasteiger partial charge is 0.496 e. The van der Waals surface area contributed by atoms with E-state index in [1.807, 2.05) is 32.0 Å². The molecule has 0 spiro atoms. The van der Waals surface area contributed by atoms with Crippen LogP contribution in [0.1, 0.15) is 27.7 Å². The smallest absolute Gasteiger partial charge is 0.124 e. The Morgan fingerprint density at radius 2 is 1.83 bits per heavy atom. The number of ether oxygens (including phenoxy) is 1. The summed E-state index contributed by atoms with van der Waals surface area (Å²) in [4.78, 5) is 0.851.